The van der Waals surface area contributed by atoms with Gasteiger partial charge in [0.05, 0.1) is 10.5 Å². The molecule has 0 aliphatic rings. The van der Waals surface area contributed by atoms with Gasteiger partial charge in [0.15, 0.2) is 0 Å². The molecule has 108 valence electrons. The lowest BCUT2D eigenvalue weighted by atomic mass is 10.2. The standard InChI is InChI=1S/C13H7ClF2N2O3/c14-7-1-3-10(15)9(5-7)13(19)17-8-2-4-11(16)12(6-8)18(20)21/h1-6H,(H,17,19). The predicted octanol–water partition coefficient (Wildman–Crippen LogP) is 3.78. The van der Waals surface area contributed by atoms with Gasteiger partial charge in [-0.25, -0.2) is 4.39 Å². The Hall–Kier alpha value is -2.54. The fourth-order valence-electron chi connectivity index (χ4n) is 1.60. The highest BCUT2D eigenvalue weighted by Gasteiger charge is 2.17. The minimum Gasteiger partial charge on any atom is -0.322 e. The van der Waals surface area contributed by atoms with Gasteiger partial charge in [0.2, 0.25) is 5.82 Å². The number of nitrogens with zero attached hydrogens (tertiary/aromatic N) is 1. The van der Waals surface area contributed by atoms with Crippen molar-refractivity contribution >= 4 is 28.9 Å². The summed E-state index contributed by atoms with van der Waals surface area (Å²) in [6.45, 7) is 0. The first-order chi connectivity index (χ1) is 9.88. The number of nitrogens with one attached hydrogen (secondary N) is 1. The van der Waals surface area contributed by atoms with Crippen molar-refractivity contribution in [3.05, 3.63) is 68.7 Å². The Morgan fingerprint density at radius 2 is 1.81 bits per heavy atom. The van der Waals surface area contributed by atoms with Crippen molar-refractivity contribution in [2.24, 2.45) is 0 Å². The number of hydrogen-bond donors (Lipinski definition) is 1. The maximum atomic E-state index is 13.5. The van der Waals surface area contributed by atoms with Crippen LogP contribution in [0.3, 0.4) is 0 Å². The molecule has 2 rings (SSSR count). The third-order valence-electron chi connectivity index (χ3n) is 2.57. The van der Waals surface area contributed by atoms with Gasteiger partial charge in [-0.15, -0.1) is 0 Å². The molecule has 2 aromatic carbocycles. The topological polar surface area (TPSA) is 72.2 Å². The molecule has 0 fully saturated rings. The van der Waals surface area contributed by atoms with Gasteiger partial charge in [-0.2, -0.15) is 4.39 Å². The molecule has 8 heteroatoms. The molecule has 0 saturated heterocycles. The highest BCUT2D eigenvalue weighted by molar-refractivity contribution is 6.31. The number of hydrogen-bond acceptors (Lipinski definition) is 3. The van der Waals surface area contributed by atoms with Gasteiger partial charge in [0.1, 0.15) is 5.82 Å². The summed E-state index contributed by atoms with van der Waals surface area (Å²) in [7, 11) is 0. The quantitative estimate of drug-likeness (QED) is 0.692. The van der Waals surface area contributed by atoms with Crippen molar-refractivity contribution in [2.45, 2.75) is 0 Å². The number of amides is 1. The smallest absolute Gasteiger partial charge is 0.306 e. The van der Waals surface area contributed by atoms with E-state index in [0.717, 1.165) is 30.3 Å². The van der Waals surface area contributed by atoms with Crippen LogP contribution in [0, 0.1) is 21.7 Å². The average molecular weight is 313 g/mol. The number of anilines is 1. The van der Waals surface area contributed by atoms with Crippen LogP contribution in [0.4, 0.5) is 20.2 Å². The monoisotopic (exact) mass is 312 g/mol. The Bertz CT molecular complexity index is 737. The van der Waals surface area contributed by atoms with Crippen molar-refractivity contribution in [1.82, 2.24) is 0 Å². The summed E-state index contributed by atoms with van der Waals surface area (Å²) in [5, 5.41) is 13.0. The summed E-state index contributed by atoms with van der Waals surface area (Å²) in [6.07, 6.45) is 0. The van der Waals surface area contributed by atoms with Crippen LogP contribution < -0.4 is 5.32 Å². The van der Waals surface area contributed by atoms with Crippen LogP contribution in [0.15, 0.2) is 36.4 Å². The van der Waals surface area contributed by atoms with E-state index in [4.69, 9.17) is 11.6 Å². The van der Waals surface area contributed by atoms with E-state index < -0.39 is 28.2 Å². The highest BCUT2D eigenvalue weighted by Crippen LogP contribution is 2.23. The normalized spacial score (nSPS) is 10.2. The third-order valence-corrected chi connectivity index (χ3v) is 2.81. The molecule has 0 unspecified atom stereocenters. The molecule has 5 nitrogen and oxygen atoms in total. The number of benzene rings is 2. The van der Waals surface area contributed by atoms with E-state index in [1.807, 2.05) is 0 Å². The molecule has 0 saturated carbocycles. The van der Waals surface area contributed by atoms with Crippen molar-refractivity contribution in [3.63, 3.8) is 0 Å². The average Bonchev–Trinajstić information content (AvgIpc) is 2.43. The molecule has 0 spiro atoms. The summed E-state index contributed by atoms with van der Waals surface area (Å²) in [6, 6.07) is 6.21. The third kappa shape index (κ3) is 3.32. The number of rotatable bonds is 3. The number of halogens is 3. The van der Waals surface area contributed by atoms with Gasteiger partial charge in [0, 0.05) is 16.8 Å². The Morgan fingerprint density at radius 1 is 1.14 bits per heavy atom. The van der Waals surface area contributed by atoms with Crippen LogP contribution in [0.25, 0.3) is 0 Å². The molecular formula is C13H7ClF2N2O3. The van der Waals surface area contributed by atoms with Gasteiger partial charge in [-0.3, -0.25) is 14.9 Å². The number of carbonyl (C=O) groups is 1. The summed E-state index contributed by atoms with van der Waals surface area (Å²) >= 11 is 5.67. The van der Waals surface area contributed by atoms with Gasteiger partial charge in [0.25, 0.3) is 5.91 Å². The van der Waals surface area contributed by atoms with E-state index >= 15 is 0 Å². The molecule has 0 atom stereocenters. The zero-order valence-electron chi connectivity index (χ0n) is 10.3. The van der Waals surface area contributed by atoms with Crippen LogP contribution in [-0.2, 0) is 0 Å². The maximum Gasteiger partial charge on any atom is 0.306 e. The summed E-state index contributed by atoms with van der Waals surface area (Å²) in [4.78, 5) is 21.6. The Kier molecular flexibility index (Phi) is 4.13. The van der Waals surface area contributed by atoms with Gasteiger partial charge in [-0.1, -0.05) is 11.6 Å². The molecule has 0 radical (unpaired) electrons. The Morgan fingerprint density at radius 3 is 2.48 bits per heavy atom. The summed E-state index contributed by atoms with van der Waals surface area (Å²) in [5.41, 5.74) is -1.15. The van der Waals surface area contributed by atoms with Crippen LogP contribution in [0.2, 0.25) is 5.02 Å². The molecule has 0 aliphatic carbocycles. The lowest BCUT2D eigenvalue weighted by molar-refractivity contribution is -0.387. The van der Waals surface area contributed by atoms with Crippen molar-refractivity contribution in [2.75, 3.05) is 5.32 Å². The zero-order valence-corrected chi connectivity index (χ0v) is 11.0. The minimum atomic E-state index is -1.04. The molecule has 0 bridgehead atoms. The molecule has 21 heavy (non-hydrogen) atoms. The van der Waals surface area contributed by atoms with Crippen molar-refractivity contribution in [3.8, 4) is 0 Å². The fourth-order valence-corrected chi connectivity index (χ4v) is 1.77. The van der Waals surface area contributed by atoms with Crippen LogP contribution in [0.1, 0.15) is 10.4 Å². The second kappa shape index (κ2) is 5.84. The van der Waals surface area contributed by atoms with Crippen LogP contribution >= 0.6 is 11.6 Å². The second-order valence-electron chi connectivity index (χ2n) is 4.00. The van der Waals surface area contributed by atoms with E-state index in [-0.39, 0.29) is 16.3 Å². The highest BCUT2D eigenvalue weighted by atomic mass is 35.5. The van der Waals surface area contributed by atoms with E-state index in [1.165, 1.54) is 6.07 Å². The molecule has 2 aromatic rings. The summed E-state index contributed by atoms with van der Waals surface area (Å²) in [5.74, 6) is -2.68. The van der Waals surface area contributed by atoms with Gasteiger partial charge in [-0.05, 0) is 30.3 Å². The fraction of sp³-hybridized carbons (Fsp3) is 0. The van der Waals surface area contributed by atoms with Crippen molar-refractivity contribution in [1.29, 1.82) is 0 Å². The van der Waals surface area contributed by atoms with Gasteiger partial charge >= 0.3 is 5.69 Å². The SMILES string of the molecule is O=C(Nc1ccc(F)c([N+](=O)[O-])c1)c1cc(Cl)ccc1F. The zero-order chi connectivity index (χ0) is 15.6. The first kappa shape index (κ1) is 14.9. The molecule has 1 N–H and O–H groups in total. The largest absolute Gasteiger partial charge is 0.322 e. The molecule has 1 amide bonds. The van der Waals surface area contributed by atoms with E-state index in [0.29, 0.717) is 0 Å². The first-order valence-electron chi connectivity index (χ1n) is 5.59. The number of nitro benzene ring substituents is 1. The molecule has 0 heterocycles. The van der Waals surface area contributed by atoms with Crippen LogP contribution in [0.5, 0.6) is 0 Å². The van der Waals surface area contributed by atoms with Crippen LogP contribution in [-0.4, -0.2) is 10.8 Å². The van der Waals surface area contributed by atoms with E-state index in [1.54, 1.807) is 0 Å². The predicted molar refractivity (Wildman–Crippen MR) is 72.4 cm³/mol. The van der Waals surface area contributed by atoms with E-state index in [2.05, 4.69) is 5.32 Å². The van der Waals surface area contributed by atoms with Crippen molar-refractivity contribution < 1.29 is 18.5 Å². The number of carbonyl (C=O) groups excluding carboxylic acids is 1. The number of nitro groups is 1. The lowest BCUT2D eigenvalue weighted by Crippen LogP contribution is -2.14. The van der Waals surface area contributed by atoms with Gasteiger partial charge < -0.3 is 5.32 Å². The minimum absolute atomic E-state index is 0.0347. The second-order valence-corrected chi connectivity index (χ2v) is 4.44. The molecule has 0 aliphatic heterocycles. The van der Waals surface area contributed by atoms with E-state index in [9.17, 15) is 23.7 Å². The maximum absolute atomic E-state index is 13.5. The summed E-state index contributed by atoms with van der Waals surface area (Å²) < 4.78 is 26.7. The lowest BCUT2D eigenvalue weighted by Gasteiger charge is -2.06. The molecule has 0 aromatic heterocycles. The Balaban J connectivity index is 2.29. The molecular weight excluding hydrogens is 306 g/mol. The Labute approximate surface area is 122 Å². The first-order valence-corrected chi connectivity index (χ1v) is 5.96.